The van der Waals surface area contributed by atoms with E-state index in [9.17, 15) is 14.0 Å². The molecule has 2 nitrogen and oxygen atoms in total. The Balaban J connectivity index is 3.78. The summed E-state index contributed by atoms with van der Waals surface area (Å²) < 4.78 is 12.1. The predicted molar refractivity (Wildman–Crippen MR) is 49.3 cm³/mol. The number of alkyl halides is 1. The molecule has 87 valence electrons. The normalized spacial score (nSPS) is 11.7. The van der Waals surface area contributed by atoms with Crippen LogP contribution in [0.25, 0.3) is 0 Å². The molecule has 0 saturated heterocycles. The fraction of sp³-hybridized carbons (Fsp3) is 0.800. The van der Waals surface area contributed by atoms with Gasteiger partial charge in [-0.05, 0) is 0 Å². The van der Waals surface area contributed by atoms with Gasteiger partial charge in [0.25, 0.3) is 0 Å². The summed E-state index contributed by atoms with van der Waals surface area (Å²) in [6.07, 6.45) is 3.13. The van der Waals surface area contributed by atoms with Gasteiger partial charge in [-0.25, -0.2) is 0 Å². The van der Waals surface area contributed by atoms with Gasteiger partial charge in [0.2, 0.25) is 0 Å². The summed E-state index contributed by atoms with van der Waals surface area (Å²) in [6, 6.07) is 0. The van der Waals surface area contributed by atoms with Crippen LogP contribution in [0.2, 0.25) is 0 Å². The molecule has 0 aromatic carbocycles. The van der Waals surface area contributed by atoms with E-state index in [0.717, 1.165) is 19.3 Å². The van der Waals surface area contributed by atoms with Crippen molar-refractivity contribution < 1.29 is 28.9 Å². The number of hydrogen-bond acceptors (Lipinski definition) is 2. The Hall–Kier alpha value is -0.211. The molecule has 14 heavy (non-hydrogen) atoms. The average molecular weight is 252 g/mol. The number of carbonyl (C=O) groups excluding carboxylic acids is 2. The molecule has 0 atom stereocenters. The van der Waals surface area contributed by atoms with Crippen LogP contribution in [0.5, 0.6) is 0 Å². The Bertz CT molecular complexity index is 209. The van der Waals surface area contributed by atoms with Crippen molar-refractivity contribution in [2.24, 2.45) is 0 Å². The molecular formula is C10H17CuFO2. The van der Waals surface area contributed by atoms with Gasteiger partial charge in [-0.2, -0.15) is 0 Å². The molecule has 0 aromatic rings. The maximum absolute atomic E-state index is 13.0. The van der Waals surface area contributed by atoms with E-state index < -0.39 is 10.4 Å². The summed E-state index contributed by atoms with van der Waals surface area (Å²) in [7, 11) is 0. The summed E-state index contributed by atoms with van der Waals surface area (Å²) >= 11 is 0.599. The number of rotatable bonds is 7. The van der Waals surface area contributed by atoms with Gasteiger partial charge < -0.3 is 0 Å². The molecule has 0 aliphatic carbocycles. The van der Waals surface area contributed by atoms with Gasteiger partial charge in [0.1, 0.15) is 0 Å². The van der Waals surface area contributed by atoms with Crippen LogP contribution in [-0.4, -0.2) is 15.0 Å². The third-order valence-electron chi connectivity index (χ3n) is 1.53. The molecule has 0 heterocycles. The van der Waals surface area contributed by atoms with Crippen LogP contribution in [0.4, 0.5) is 4.39 Å². The van der Waals surface area contributed by atoms with Gasteiger partial charge in [-0.15, -0.1) is 0 Å². The fourth-order valence-corrected chi connectivity index (χ4v) is 1.51. The molecular weight excluding hydrogens is 235 g/mol. The Morgan fingerprint density at radius 2 is 1.86 bits per heavy atom. The molecule has 0 bridgehead atoms. The van der Waals surface area contributed by atoms with E-state index >= 15 is 0 Å². The van der Waals surface area contributed by atoms with Crippen molar-refractivity contribution in [2.45, 2.75) is 52.1 Å². The van der Waals surface area contributed by atoms with Crippen LogP contribution in [0.3, 0.4) is 0 Å². The van der Waals surface area contributed by atoms with Gasteiger partial charge >= 0.3 is 90.4 Å². The maximum atomic E-state index is 13.0. The van der Waals surface area contributed by atoms with Crippen molar-refractivity contribution in [3.05, 3.63) is 0 Å². The molecule has 4 heteroatoms. The standard InChI is InChI=1S/C6H11O.C4H6FO.Cu/c1-2-3-4-5-6-7;1-4(2,5)3-6;/h2-5H2,1H3;1-2H3;. The van der Waals surface area contributed by atoms with E-state index in [0.29, 0.717) is 21.4 Å². The molecule has 0 unspecified atom stereocenters. The van der Waals surface area contributed by atoms with Crippen LogP contribution in [0.1, 0.15) is 46.5 Å². The molecule has 0 fully saturated rings. The van der Waals surface area contributed by atoms with Crippen molar-refractivity contribution in [1.82, 2.24) is 0 Å². The molecule has 0 aromatic heterocycles. The summed E-state index contributed by atoms with van der Waals surface area (Å²) in [4.78, 5) is 22.2. The molecule has 0 aliphatic rings. The SMILES string of the molecule is CCCCC[C](=O)[Cu][C](=O)C(C)(C)F. The van der Waals surface area contributed by atoms with E-state index in [-0.39, 0.29) is 4.68 Å². The van der Waals surface area contributed by atoms with Crippen LogP contribution >= 0.6 is 0 Å². The summed E-state index contributed by atoms with van der Waals surface area (Å²) in [5, 5.41) is 0. The number of halogens is 1. The zero-order valence-corrected chi connectivity index (χ0v) is 9.77. The Morgan fingerprint density at radius 3 is 2.29 bits per heavy atom. The zero-order valence-electron chi connectivity index (χ0n) is 8.82. The third kappa shape index (κ3) is 6.27. The van der Waals surface area contributed by atoms with E-state index in [1.807, 2.05) is 6.92 Å². The average Bonchev–Trinajstić information content (AvgIpc) is 2.03. The zero-order chi connectivity index (χ0) is 11.2. The molecule has 0 saturated carbocycles. The topological polar surface area (TPSA) is 34.1 Å². The Morgan fingerprint density at radius 1 is 1.29 bits per heavy atom. The van der Waals surface area contributed by atoms with Crippen LogP contribution in [0, 0.1) is 0 Å². The van der Waals surface area contributed by atoms with E-state index in [2.05, 4.69) is 0 Å². The van der Waals surface area contributed by atoms with E-state index in [1.54, 1.807) is 0 Å². The second-order valence-corrected chi connectivity index (χ2v) is 4.74. The van der Waals surface area contributed by atoms with Crippen molar-refractivity contribution in [3.8, 4) is 0 Å². The second-order valence-electron chi connectivity index (χ2n) is 3.56. The van der Waals surface area contributed by atoms with Crippen molar-refractivity contribution in [3.63, 3.8) is 0 Å². The molecule has 0 spiro atoms. The first-order chi connectivity index (χ1) is 6.38. The molecule has 0 radical (unpaired) electrons. The molecule has 0 amide bonds. The number of hydrogen-bond donors (Lipinski definition) is 0. The van der Waals surface area contributed by atoms with Crippen LogP contribution in [-0.2, 0) is 24.5 Å². The van der Waals surface area contributed by atoms with Crippen molar-refractivity contribution >= 4 is 9.36 Å². The monoisotopic (exact) mass is 251 g/mol. The van der Waals surface area contributed by atoms with Gasteiger partial charge in [-0.1, -0.05) is 0 Å². The summed E-state index contributed by atoms with van der Waals surface area (Å²) in [6.45, 7) is 4.37. The van der Waals surface area contributed by atoms with Gasteiger partial charge in [0.05, 0.1) is 0 Å². The third-order valence-corrected chi connectivity index (χ3v) is 2.80. The van der Waals surface area contributed by atoms with E-state index in [4.69, 9.17) is 0 Å². The first-order valence-electron chi connectivity index (χ1n) is 4.71. The van der Waals surface area contributed by atoms with Gasteiger partial charge in [0.15, 0.2) is 0 Å². The number of carbonyl (C=O) groups is 2. The minimum atomic E-state index is -1.92. The van der Waals surface area contributed by atoms with E-state index in [1.165, 1.54) is 13.8 Å². The minimum absolute atomic E-state index is 0.238. The van der Waals surface area contributed by atoms with Gasteiger partial charge in [0, 0.05) is 0 Å². The second kappa shape index (κ2) is 6.31. The van der Waals surface area contributed by atoms with Crippen molar-refractivity contribution in [1.29, 1.82) is 0 Å². The Labute approximate surface area is 90.8 Å². The van der Waals surface area contributed by atoms with Crippen LogP contribution in [0.15, 0.2) is 0 Å². The molecule has 0 rings (SSSR count). The van der Waals surface area contributed by atoms with Crippen LogP contribution < -0.4 is 0 Å². The Kier molecular flexibility index (Phi) is 6.21. The quantitative estimate of drug-likeness (QED) is 0.515. The predicted octanol–water partition coefficient (Wildman–Crippen LogP) is 2.45. The summed E-state index contributed by atoms with van der Waals surface area (Å²) in [5.41, 5.74) is -1.92. The van der Waals surface area contributed by atoms with Gasteiger partial charge in [-0.3, -0.25) is 0 Å². The van der Waals surface area contributed by atoms with Crippen molar-refractivity contribution in [2.75, 3.05) is 0 Å². The first kappa shape index (κ1) is 13.8. The summed E-state index contributed by atoms with van der Waals surface area (Å²) in [5.74, 6) is 0. The molecule has 0 N–H and O–H groups in total. The fourth-order valence-electron chi connectivity index (χ4n) is 0.704. The molecule has 0 aliphatic heterocycles. The first-order valence-corrected chi connectivity index (χ1v) is 5.65. The number of unbranched alkanes of at least 4 members (excludes halogenated alkanes) is 2.